The first-order chi connectivity index (χ1) is 10.2. The first-order valence-electron chi connectivity index (χ1n) is 6.36. The molecule has 0 atom stereocenters. The van der Waals surface area contributed by atoms with Crippen molar-refractivity contribution in [3.8, 4) is 17.2 Å². The minimum Gasteiger partial charge on any atom is -0.494 e. The molecule has 21 heavy (non-hydrogen) atoms. The molecule has 0 aliphatic carbocycles. The second-order valence-electron chi connectivity index (χ2n) is 4.34. The molecule has 0 aromatic heterocycles. The summed E-state index contributed by atoms with van der Waals surface area (Å²) < 4.78 is 29.9. The van der Waals surface area contributed by atoms with Gasteiger partial charge in [0.15, 0.2) is 23.1 Å². The molecule has 0 spiro atoms. The van der Waals surface area contributed by atoms with Gasteiger partial charge in [0.1, 0.15) is 6.61 Å². The first-order valence-corrected chi connectivity index (χ1v) is 6.90. The molecular formula is C16H16ClFO3. The summed E-state index contributed by atoms with van der Waals surface area (Å²) in [5, 5.41) is 0. The van der Waals surface area contributed by atoms with Crippen molar-refractivity contribution < 1.29 is 18.6 Å². The molecule has 0 saturated carbocycles. The van der Waals surface area contributed by atoms with Crippen LogP contribution in [0.5, 0.6) is 17.2 Å². The molecule has 2 aromatic carbocycles. The summed E-state index contributed by atoms with van der Waals surface area (Å²) in [5.41, 5.74) is 1.31. The van der Waals surface area contributed by atoms with Crippen molar-refractivity contribution in [1.29, 1.82) is 0 Å². The predicted molar refractivity (Wildman–Crippen MR) is 79.8 cm³/mol. The number of alkyl halides is 1. The van der Waals surface area contributed by atoms with Crippen LogP contribution in [0.3, 0.4) is 0 Å². The molecule has 0 N–H and O–H groups in total. The van der Waals surface area contributed by atoms with Crippen LogP contribution in [0.2, 0.25) is 0 Å². The minimum atomic E-state index is -0.424. The van der Waals surface area contributed by atoms with Crippen molar-refractivity contribution in [2.75, 3.05) is 14.2 Å². The summed E-state index contributed by atoms with van der Waals surface area (Å²) in [6.07, 6.45) is 0. The molecule has 3 nitrogen and oxygen atoms in total. The van der Waals surface area contributed by atoms with E-state index in [0.717, 1.165) is 5.56 Å². The van der Waals surface area contributed by atoms with Crippen LogP contribution in [-0.2, 0) is 12.5 Å². The van der Waals surface area contributed by atoms with Crippen LogP contribution >= 0.6 is 11.6 Å². The topological polar surface area (TPSA) is 27.7 Å². The molecule has 5 heteroatoms. The standard InChI is InChI=1S/C16H16ClFO3/c1-19-13-7-6-11(9-17)8-15(13)21-10-12-4-3-5-14(20-2)16(12)18/h3-8H,9-10H2,1-2H3. The monoisotopic (exact) mass is 310 g/mol. The van der Waals surface area contributed by atoms with Gasteiger partial charge in [-0.1, -0.05) is 18.2 Å². The maximum Gasteiger partial charge on any atom is 0.171 e. The first kappa shape index (κ1) is 15.4. The molecule has 0 aliphatic heterocycles. The average molecular weight is 311 g/mol. The molecule has 0 fully saturated rings. The third-order valence-electron chi connectivity index (χ3n) is 3.03. The lowest BCUT2D eigenvalue weighted by Crippen LogP contribution is -2.02. The maximum atomic E-state index is 14.0. The van der Waals surface area contributed by atoms with Gasteiger partial charge in [0, 0.05) is 11.4 Å². The molecule has 112 valence electrons. The Morgan fingerprint density at radius 2 is 1.76 bits per heavy atom. The van der Waals surface area contributed by atoms with E-state index in [2.05, 4.69) is 0 Å². The minimum absolute atomic E-state index is 0.0745. The molecule has 0 radical (unpaired) electrons. The van der Waals surface area contributed by atoms with Gasteiger partial charge in [-0.15, -0.1) is 11.6 Å². The fraction of sp³-hybridized carbons (Fsp3) is 0.250. The summed E-state index contributed by atoms with van der Waals surface area (Å²) >= 11 is 5.80. The molecular weight excluding hydrogens is 295 g/mol. The third kappa shape index (κ3) is 3.58. The molecule has 0 heterocycles. The van der Waals surface area contributed by atoms with Gasteiger partial charge in [-0.05, 0) is 23.8 Å². The van der Waals surface area contributed by atoms with Crippen molar-refractivity contribution in [3.63, 3.8) is 0 Å². The largest absolute Gasteiger partial charge is 0.494 e. The smallest absolute Gasteiger partial charge is 0.171 e. The van der Waals surface area contributed by atoms with Crippen molar-refractivity contribution >= 4 is 11.6 Å². The Balaban J connectivity index is 2.20. The summed E-state index contributed by atoms with van der Waals surface area (Å²) in [4.78, 5) is 0. The van der Waals surface area contributed by atoms with Crippen LogP contribution in [0.15, 0.2) is 36.4 Å². The van der Waals surface area contributed by atoms with Crippen LogP contribution in [0.4, 0.5) is 4.39 Å². The van der Waals surface area contributed by atoms with Crippen LogP contribution in [0, 0.1) is 5.82 Å². The van der Waals surface area contributed by atoms with E-state index in [0.29, 0.717) is 22.9 Å². The number of methoxy groups -OCH3 is 2. The Kier molecular flexibility index (Phi) is 5.28. The molecule has 0 amide bonds. The van der Waals surface area contributed by atoms with Crippen LogP contribution in [-0.4, -0.2) is 14.2 Å². The van der Waals surface area contributed by atoms with Crippen molar-refractivity contribution in [2.45, 2.75) is 12.5 Å². The quantitative estimate of drug-likeness (QED) is 0.750. The number of rotatable bonds is 6. The molecule has 0 saturated heterocycles. The van der Waals surface area contributed by atoms with Gasteiger partial charge in [-0.3, -0.25) is 0 Å². The highest BCUT2D eigenvalue weighted by atomic mass is 35.5. The zero-order valence-electron chi connectivity index (χ0n) is 11.9. The van der Waals surface area contributed by atoms with Gasteiger partial charge in [-0.25, -0.2) is 4.39 Å². The lowest BCUT2D eigenvalue weighted by atomic mass is 10.2. The van der Waals surface area contributed by atoms with E-state index < -0.39 is 5.82 Å². The normalized spacial score (nSPS) is 10.3. The van der Waals surface area contributed by atoms with E-state index in [1.807, 2.05) is 6.07 Å². The van der Waals surface area contributed by atoms with Gasteiger partial charge in [-0.2, -0.15) is 0 Å². The number of ether oxygens (including phenoxy) is 3. The number of halogens is 2. The van der Waals surface area contributed by atoms with Gasteiger partial charge < -0.3 is 14.2 Å². The molecule has 2 aromatic rings. The SMILES string of the molecule is COc1ccc(CCl)cc1OCc1cccc(OC)c1F. The van der Waals surface area contributed by atoms with E-state index in [-0.39, 0.29) is 12.4 Å². The highest BCUT2D eigenvalue weighted by Gasteiger charge is 2.11. The number of hydrogen-bond acceptors (Lipinski definition) is 3. The van der Waals surface area contributed by atoms with E-state index in [9.17, 15) is 4.39 Å². The summed E-state index contributed by atoms with van der Waals surface area (Å²) in [5.74, 6) is 1.24. The lowest BCUT2D eigenvalue weighted by molar-refractivity contribution is 0.277. The molecule has 0 unspecified atom stereocenters. The highest BCUT2D eigenvalue weighted by Crippen LogP contribution is 2.30. The van der Waals surface area contributed by atoms with Crippen LogP contribution < -0.4 is 14.2 Å². The second-order valence-corrected chi connectivity index (χ2v) is 4.61. The number of benzene rings is 2. The van der Waals surface area contributed by atoms with Gasteiger partial charge in [0.2, 0.25) is 0 Å². The fourth-order valence-corrected chi connectivity index (χ4v) is 2.06. The summed E-state index contributed by atoms with van der Waals surface area (Å²) in [6.45, 7) is 0.0745. The second kappa shape index (κ2) is 7.18. The summed E-state index contributed by atoms with van der Waals surface area (Å²) in [7, 11) is 2.98. The molecule has 0 aliphatic rings. The Labute approximate surface area is 128 Å². The van der Waals surface area contributed by atoms with Crippen LogP contribution in [0.1, 0.15) is 11.1 Å². The van der Waals surface area contributed by atoms with E-state index >= 15 is 0 Å². The Morgan fingerprint density at radius 1 is 1.00 bits per heavy atom. The Morgan fingerprint density at radius 3 is 2.43 bits per heavy atom. The maximum absolute atomic E-state index is 14.0. The van der Waals surface area contributed by atoms with Gasteiger partial charge in [0.05, 0.1) is 14.2 Å². The highest BCUT2D eigenvalue weighted by molar-refractivity contribution is 6.17. The molecule has 2 rings (SSSR count). The Bertz CT molecular complexity index is 616. The molecule has 0 bridgehead atoms. The van der Waals surface area contributed by atoms with Gasteiger partial charge >= 0.3 is 0 Å². The van der Waals surface area contributed by atoms with Crippen molar-refractivity contribution in [2.24, 2.45) is 0 Å². The Hall–Kier alpha value is -1.94. The van der Waals surface area contributed by atoms with Crippen LogP contribution in [0.25, 0.3) is 0 Å². The van der Waals surface area contributed by atoms with Gasteiger partial charge in [0.25, 0.3) is 0 Å². The zero-order valence-corrected chi connectivity index (χ0v) is 12.6. The van der Waals surface area contributed by atoms with E-state index in [1.165, 1.54) is 7.11 Å². The third-order valence-corrected chi connectivity index (χ3v) is 3.34. The summed E-state index contributed by atoms with van der Waals surface area (Å²) in [6, 6.07) is 10.3. The van der Waals surface area contributed by atoms with E-state index in [1.54, 1.807) is 37.4 Å². The lowest BCUT2D eigenvalue weighted by Gasteiger charge is -2.13. The fourth-order valence-electron chi connectivity index (χ4n) is 1.90. The van der Waals surface area contributed by atoms with Crippen molar-refractivity contribution in [3.05, 3.63) is 53.3 Å². The predicted octanol–water partition coefficient (Wildman–Crippen LogP) is 4.16. The zero-order chi connectivity index (χ0) is 15.2. The number of hydrogen-bond donors (Lipinski definition) is 0. The average Bonchev–Trinajstić information content (AvgIpc) is 2.53. The van der Waals surface area contributed by atoms with E-state index in [4.69, 9.17) is 25.8 Å². The van der Waals surface area contributed by atoms with Crippen molar-refractivity contribution in [1.82, 2.24) is 0 Å².